The molecule has 2 aliphatic rings. The van der Waals surface area contributed by atoms with Gasteiger partial charge in [-0.2, -0.15) is 0 Å². The number of hydrogen-bond acceptors (Lipinski definition) is 4. The number of anilines is 1. The van der Waals surface area contributed by atoms with Crippen molar-refractivity contribution in [1.82, 2.24) is 0 Å². The predicted molar refractivity (Wildman–Crippen MR) is 117 cm³/mol. The number of nitrogens with one attached hydrogen (secondary N) is 1. The van der Waals surface area contributed by atoms with E-state index >= 15 is 0 Å². The molecule has 5 heteroatoms. The highest BCUT2D eigenvalue weighted by Gasteiger charge is 2.51. The second kappa shape index (κ2) is 7.18. The van der Waals surface area contributed by atoms with E-state index in [1.807, 2.05) is 42.5 Å². The lowest BCUT2D eigenvalue weighted by atomic mass is 9.94. The number of ether oxygens (including phenoxy) is 2. The number of benzene rings is 3. The first kappa shape index (κ1) is 18.7. The van der Waals surface area contributed by atoms with Crippen LogP contribution in [-0.4, -0.2) is 12.7 Å². The van der Waals surface area contributed by atoms with Gasteiger partial charge in [0.2, 0.25) is 12.7 Å². The van der Waals surface area contributed by atoms with Crippen LogP contribution in [0, 0.1) is 6.92 Å². The molecule has 0 aromatic heterocycles. The Hall–Kier alpha value is -3.31. The summed E-state index contributed by atoms with van der Waals surface area (Å²) < 4.78 is 10.9. The van der Waals surface area contributed by atoms with E-state index in [0.29, 0.717) is 12.3 Å². The molecule has 1 fully saturated rings. The first-order valence-corrected chi connectivity index (χ1v) is 10.2. The number of hydrogen-bond donors (Lipinski definition) is 2. The Labute approximate surface area is 175 Å². The number of carbonyl (C=O) groups excluding carboxylic acids is 1. The van der Waals surface area contributed by atoms with Gasteiger partial charge in [0.25, 0.3) is 0 Å². The molecule has 152 valence electrons. The van der Waals surface area contributed by atoms with Crippen molar-refractivity contribution in [1.29, 1.82) is 0 Å². The molecule has 30 heavy (non-hydrogen) atoms. The Balaban J connectivity index is 1.37. The first-order valence-electron chi connectivity index (χ1n) is 10.2. The maximum absolute atomic E-state index is 13.1. The molecule has 0 radical (unpaired) electrons. The number of fused-ring (bicyclic) bond motifs is 1. The summed E-state index contributed by atoms with van der Waals surface area (Å²) in [6.45, 7) is 2.81. The van der Waals surface area contributed by atoms with Crippen LogP contribution in [0.15, 0.2) is 60.7 Å². The molecule has 0 atom stereocenters. The normalized spacial score (nSPS) is 15.7. The fourth-order valence-corrected chi connectivity index (χ4v) is 4.15. The zero-order valence-electron chi connectivity index (χ0n) is 16.9. The van der Waals surface area contributed by atoms with E-state index in [-0.39, 0.29) is 12.7 Å². The van der Waals surface area contributed by atoms with Crippen LogP contribution in [0.2, 0.25) is 0 Å². The molecule has 0 bridgehead atoms. The predicted octanol–water partition coefficient (Wildman–Crippen LogP) is 4.52. The van der Waals surface area contributed by atoms with Gasteiger partial charge in [0.05, 0.1) is 5.41 Å². The van der Waals surface area contributed by atoms with Crippen molar-refractivity contribution < 1.29 is 14.3 Å². The minimum absolute atomic E-state index is 0.0265. The van der Waals surface area contributed by atoms with Crippen molar-refractivity contribution >= 4 is 11.6 Å². The fourth-order valence-electron chi connectivity index (χ4n) is 4.15. The van der Waals surface area contributed by atoms with Gasteiger partial charge in [0, 0.05) is 12.2 Å². The molecule has 1 aliphatic heterocycles. The zero-order chi connectivity index (χ0) is 20.7. The molecule has 5 rings (SSSR count). The van der Waals surface area contributed by atoms with Gasteiger partial charge < -0.3 is 20.5 Å². The summed E-state index contributed by atoms with van der Waals surface area (Å²) in [5, 5.41) is 3.12. The lowest BCUT2D eigenvalue weighted by Gasteiger charge is -2.17. The molecule has 1 aliphatic carbocycles. The van der Waals surface area contributed by atoms with Gasteiger partial charge in [-0.15, -0.1) is 0 Å². The Morgan fingerprint density at radius 2 is 1.87 bits per heavy atom. The van der Waals surface area contributed by atoms with Crippen LogP contribution in [-0.2, 0) is 16.8 Å². The van der Waals surface area contributed by atoms with E-state index in [1.165, 1.54) is 0 Å². The molecule has 1 amide bonds. The quantitative estimate of drug-likeness (QED) is 0.660. The molecule has 0 saturated heterocycles. The third-order valence-corrected chi connectivity index (χ3v) is 6.07. The lowest BCUT2D eigenvalue weighted by Crippen LogP contribution is -2.27. The highest BCUT2D eigenvalue weighted by Crippen LogP contribution is 2.51. The first-order chi connectivity index (χ1) is 14.6. The lowest BCUT2D eigenvalue weighted by molar-refractivity contribution is -0.118. The van der Waals surface area contributed by atoms with E-state index in [2.05, 4.69) is 30.4 Å². The Bertz CT molecular complexity index is 1130. The van der Waals surface area contributed by atoms with Gasteiger partial charge in [-0.3, -0.25) is 4.79 Å². The molecule has 3 N–H and O–H groups in total. The number of nitrogens with two attached hydrogens (primary N) is 1. The molecular formula is C25H24N2O3. The van der Waals surface area contributed by atoms with E-state index < -0.39 is 5.41 Å². The molecule has 5 nitrogen and oxygen atoms in total. The number of aryl methyl sites for hydroxylation is 1. The minimum atomic E-state index is -0.483. The van der Waals surface area contributed by atoms with Gasteiger partial charge in [-0.05, 0) is 77.9 Å². The van der Waals surface area contributed by atoms with Crippen LogP contribution in [0.4, 0.5) is 5.69 Å². The standard InChI is InChI=1S/C25H24N2O3/c1-16-11-20(6-7-21(16)18-4-2-3-17(12-18)14-26)27-24(28)25(9-10-25)19-5-8-22-23(13-19)30-15-29-22/h2-8,11-13H,9-10,14-15,26H2,1H3,(H,27,28). The van der Waals surface area contributed by atoms with Crippen LogP contribution < -0.4 is 20.5 Å². The van der Waals surface area contributed by atoms with Crippen molar-refractivity contribution in [3.8, 4) is 22.6 Å². The van der Waals surface area contributed by atoms with Gasteiger partial charge in [-0.25, -0.2) is 0 Å². The summed E-state index contributed by atoms with van der Waals surface area (Å²) in [7, 11) is 0. The Kier molecular flexibility index (Phi) is 4.48. The maximum Gasteiger partial charge on any atom is 0.235 e. The van der Waals surface area contributed by atoms with Crippen LogP contribution in [0.1, 0.15) is 29.5 Å². The summed E-state index contributed by atoms with van der Waals surface area (Å²) in [6, 6.07) is 20.1. The fraction of sp³-hybridized carbons (Fsp3) is 0.240. The Morgan fingerprint density at radius 1 is 1.03 bits per heavy atom. The van der Waals surface area contributed by atoms with Crippen molar-refractivity contribution in [2.24, 2.45) is 5.73 Å². The van der Waals surface area contributed by atoms with Crippen molar-refractivity contribution in [2.75, 3.05) is 12.1 Å². The van der Waals surface area contributed by atoms with E-state index in [1.54, 1.807) is 0 Å². The van der Waals surface area contributed by atoms with Gasteiger partial charge in [0.15, 0.2) is 11.5 Å². The third kappa shape index (κ3) is 3.21. The summed E-state index contributed by atoms with van der Waals surface area (Å²) in [6.07, 6.45) is 1.67. The van der Waals surface area contributed by atoms with Crippen LogP contribution in [0.25, 0.3) is 11.1 Å². The van der Waals surface area contributed by atoms with E-state index in [0.717, 1.165) is 52.1 Å². The molecule has 3 aromatic carbocycles. The second-order valence-electron chi connectivity index (χ2n) is 8.04. The number of rotatable bonds is 5. The van der Waals surface area contributed by atoms with Crippen LogP contribution in [0.5, 0.6) is 11.5 Å². The van der Waals surface area contributed by atoms with Crippen molar-refractivity contribution in [3.05, 3.63) is 77.4 Å². The molecular weight excluding hydrogens is 376 g/mol. The summed E-state index contributed by atoms with van der Waals surface area (Å²) in [5.74, 6) is 1.48. The minimum Gasteiger partial charge on any atom is -0.454 e. The summed E-state index contributed by atoms with van der Waals surface area (Å²) in [4.78, 5) is 13.1. The molecule has 0 spiro atoms. The number of carbonyl (C=O) groups is 1. The topological polar surface area (TPSA) is 73.6 Å². The van der Waals surface area contributed by atoms with Crippen molar-refractivity contribution in [3.63, 3.8) is 0 Å². The molecule has 1 saturated carbocycles. The largest absolute Gasteiger partial charge is 0.454 e. The SMILES string of the molecule is Cc1cc(NC(=O)C2(c3ccc4c(c3)OCO4)CC2)ccc1-c1cccc(CN)c1. The highest BCUT2D eigenvalue weighted by atomic mass is 16.7. The van der Waals surface area contributed by atoms with E-state index in [9.17, 15) is 4.79 Å². The third-order valence-electron chi connectivity index (χ3n) is 6.07. The summed E-state index contributed by atoms with van der Waals surface area (Å²) in [5.41, 5.74) is 11.6. The van der Waals surface area contributed by atoms with Gasteiger partial charge in [-0.1, -0.05) is 30.3 Å². The Morgan fingerprint density at radius 3 is 2.63 bits per heavy atom. The second-order valence-corrected chi connectivity index (χ2v) is 8.04. The monoisotopic (exact) mass is 400 g/mol. The van der Waals surface area contributed by atoms with Crippen LogP contribution in [0.3, 0.4) is 0 Å². The van der Waals surface area contributed by atoms with Crippen molar-refractivity contribution in [2.45, 2.75) is 31.7 Å². The van der Waals surface area contributed by atoms with E-state index in [4.69, 9.17) is 15.2 Å². The summed E-state index contributed by atoms with van der Waals surface area (Å²) >= 11 is 0. The average Bonchev–Trinajstić information content (AvgIpc) is 3.45. The highest BCUT2D eigenvalue weighted by molar-refractivity contribution is 6.01. The molecule has 0 unspecified atom stereocenters. The van der Waals surface area contributed by atoms with Gasteiger partial charge in [0.1, 0.15) is 0 Å². The smallest absolute Gasteiger partial charge is 0.235 e. The number of amides is 1. The molecule has 1 heterocycles. The molecule has 3 aromatic rings. The average molecular weight is 400 g/mol. The maximum atomic E-state index is 13.1. The zero-order valence-corrected chi connectivity index (χ0v) is 16.9. The van der Waals surface area contributed by atoms with Crippen LogP contribution >= 0.6 is 0 Å². The van der Waals surface area contributed by atoms with Gasteiger partial charge >= 0.3 is 0 Å².